The third-order valence-corrected chi connectivity index (χ3v) is 6.00. The van der Waals surface area contributed by atoms with Gasteiger partial charge in [0.15, 0.2) is 0 Å². The fraction of sp³-hybridized carbons (Fsp3) is 0.565. The van der Waals surface area contributed by atoms with Crippen molar-refractivity contribution >= 4 is 22.7 Å². The fourth-order valence-corrected chi connectivity index (χ4v) is 4.51. The Labute approximate surface area is 177 Å². The quantitative estimate of drug-likeness (QED) is 0.647. The van der Waals surface area contributed by atoms with Crippen molar-refractivity contribution in [2.75, 3.05) is 6.54 Å². The predicted octanol–water partition coefficient (Wildman–Crippen LogP) is 3.76. The van der Waals surface area contributed by atoms with Crippen LogP contribution in [0.2, 0.25) is 0 Å². The molecule has 3 rings (SSSR count). The lowest BCUT2D eigenvalue weighted by Crippen LogP contribution is -2.51. The fourth-order valence-electron chi connectivity index (χ4n) is 4.51. The summed E-state index contributed by atoms with van der Waals surface area (Å²) in [4.78, 5) is 36.8. The number of rotatable bonds is 8. The van der Waals surface area contributed by atoms with Crippen LogP contribution in [0.5, 0.6) is 0 Å². The number of hydrogen-bond donors (Lipinski definition) is 2. The van der Waals surface area contributed by atoms with E-state index in [2.05, 4.69) is 29.7 Å². The normalized spacial score (nSPS) is 20.1. The summed E-state index contributed by atoms with van der Waals surface area (Å²) in [6.45, 7) is 4.18. The van der Waals surface area contributed by atoms with Crippen molar-refractivity contribution < 1.29 is 9.59 Å². The van der Waals surface area contributed by atoms with E-state index in [1.54, 1.807) is 0 Å². The number of aromatic nitrogens is 1. The van der Waals surface area contributed by atoms with Crippen molar-refractivity contribution in [1.29, 1.82) is 0 Å². The zero-order valence-electron chi connectivity index (χ0n) is 18.1. The van der Waals surface area contributed by atoms with Crippen molar-refractivity contribution in [3.05, 3.63) is 40.9 Å². The molecule has 30 heavy (non-hydrogen) atoms. The Morgan fingerprint density at radius 3 is 2.63 bits per heavy atom. The summed E-state index contributed by atoms with van der Waals surface area (Å²) in [5.41, 5.74) is 1.59. The van der Waals surface area contributed by atoms with Crippen LogP contribution in [0.15, 0.2) is 35.5 Å². The zero-order valence-corrected chi connectivity index (χ0v) is 18.1. The van der Waals surface area contributed by atoms with Crippen molar-refractivity contribution in [2.24, 2.45) is 24.1 Å². The third kappa shape index (κ3) is 5.07. The molecule has 1 aliphatic carbocycles. The van der Waals surface area contributed by atoms with Crippen molar-refractivity contribution in [3.63, 3.8) is 0 Å². The van der Waals surface area contributed by atoms with Gasteiger partial charge in [-0.05, 0) is 37.3 Å². The topological polar surface area (TPSA) is 92.6 Å². The molecular formula is C23H32N4O3. The van der Waals surface area contributed by atoms with E-state index in [-0.39, 0.29) is 36.4 Å². The second kappa shape index (κ2) is 9.87. The highest BCUT2D eigenvalue weighted by Gasteiger charge is 2.33. The number of hydrogen-bond acceptors (Lipinski definition) is 4. The number of nitrogens with zero attached hydrogens (tertiary/aromatic N) is 2. The van der Waals surface area contributed by atoms with Gasteiger partial charge in [0.05, 0.1) is 12.0 Å². The molecule has 1 unspecified atom stereocenters. The minimum absolute atomic E-state index is 0.0730. The number of nitrogens with one attached hydrogen (secondary N) is 2. The zero-order chi connectivity index (χ0) is 21.7. The summed E-state index contributed by atoms with van der Waals surface area (Å²) in [5, 5.41) is 10.1. The van der Waals surface area contributed by atoms with Crippen LogP contribution >= 0.6 is 0 Å². The van der Waals surface area contributed by atoms with E-state index < -0.39 is 0 Å². The summed E-state index contributed by atoms with van der Waals surface area (Å²) in [6, 6.07) is 9.29. The smallest absolute Gasteiger partial charge is 0.268 e. The second-order valence-electron chi connectivity index (χ2n) is 8.77. The van der Waals surface area contributed by atoms with E-state index in [9.17, 15) is 14.5 Å². The van der Waals surface area contributed by atoms with Crippen LogP contribution in [-0.4, -0.2) is 35.0 Å². The maximum atomic E-state index is 13.0. The van der Waals surface area contributed by atoms with Gasteiger partial charge in [-0.2, -0.15) is 4.91 Å². The van der Waals surface area contributed by atoms with Crippen molar-refractivity contribution in [3.8, 4) is 0 Å². The molecule has 1 fully saturated rings. The number of nitroso groups, excluding NO2 is 1. The van der Waals surface area contributed by atoms with Gasteiger partial charge in [-0.1, -0.05) is 50.1 Å². The van der Waals surface area contributed by atoms with Crippen LogP contribution in [0.1, 0.15) is 56.4 Å². The van der Waals surface area contributed by atoms with Crippen molar-refractivity contribution in [2.45, 2.75) is 58.0 Å². The molecule has 0 spiro atoms. The SMILES string of the molecule is CC(C)CC(CN=O)NC(=O)[C@@H]1CCCC[C@@H]1NC(=O)c1cc2ccccc2n1C. The number of carbonyl (C=O) groups excluding carboxylic acids is 2. The molecule has 1 aromatic heterocycles. The van der Waals surface area contributed by atoms with Crippen LogP contribution in [0.3, 0.4) is 0 Å². The molecule has 0 radical (unpaired) electrons. The van der Waals surface area contributed by atoms with Crippen LogP contribution < -0.4 is 10.6 Å². The molecule has 2 amide bonds. The summed E-state index contributed by atoms with van der Waals surface area (Å²) >= 11 is 0. The minimum Gasteiger partial charge on any atom is -0.351 e. The molecule has 7 heteroatoms. The van der Waals surface area contributed by atoms with E-state index in [1.807, 2.05) is 41.9 Å². The highest BCUT2D eigenvalue weighted by atomic mass is 16.3. The van der Waals surface area contributed by atoms with E-state index in [0.717, 1.165) is 36.6 Å². The molecule has 1 aromatic carbocycles. The van der Waals surface area contributed by atoms with Gasteiger partial charge in [-0.15, -0.1) is 0 Å². The molecule has 0 saturated heterocycles. The van der Waals surface area contributed by atoms with E-state index in [1.165, 1.54) is 0 Å². The number of amides is 2. The minimum atomic E-state index is -0.293. The van der Waals surface area contributed by atoms with Gasteiger partial charge in [0.1, 0.15) is 12.2 Å². The van der Waals surface area contributed by atoms with E-state index >= 15 is 0 Å². The first-order valence-corrected chi connectivity index (χ1v) is 10.9. The Balaban J connectivity index is 1.71. The Hall–Kier alpha value is -2.70. The molecule has 3 atom stereocenters. The van der Waals surface area contributed by atoms with Gasteiger partial charge in [0, 0.05) is 24.0 Å². The monoisotopic (exact) mass is 412 g/mol. The number of aryl methyl sites for hydroxylation is 1. The average Bonchev–Trinajstić information content (AvgIpc) is 3.05. The first-order valence-electron chi connectivity index (χ1n) is 10.9. The summed E-state index contributed by atoms with van der Waals surface area (Å²) in [6.07, 6.45) is 4.15. The van der Waals surface area contributed by atoms with Crippen LogP contribution in [0, 0.1) is 16.7 Å². The van der Waals surface area contributed by atoms with Gasteiger partial charge in [0.2, 0.25) is 5.91 Å². The number of benzene rings is 1. The highest BCUT2D eigenvalue weighted by Crippen LogP contribution is 2.26. The van der Waals surface area contributed by atoms with Gasteiger partial charge in [-0.3, -0.25) is 9.59 Å². The Kier molecular flexibility index (Phi) is 7.24. The van der Waals surface area contributed by atoms with Gasteiger partial charge in [-0.25, -0.2) is 0 Å². The molecule has 1 aliphatic rings. The third-order valence-electron chi connectivity index (χ3n) is 6.00. The molecular weight excluding hydrogens is 380 g/mol. The van der Waals surface area contributed by atoms with Crippen LogP contribution in [0.4, 0.5) is 0 Å². The van der Waals surface area contributed by atoms with Gasteiger partial charge < -0.3 is 15.2 Å². The van der Waals surface area contributed by atoms with E-state index in [0.29, 0.717) is 18.0 Å². The average molecular weight is 413 g/mol. The summed E-state index contributed by atoms with van der Waals surface area (Å²) in [5.74, 6) is -0.192. The lowest BCUT2D eigenvalue weighted by atomic mass is 9.83. The van der Waals surface area contributed by atoms with Crippen LogP contribution in [-0.2, 0) is 11.8 Å². The second-order valence-corrected chi connectivity index (χ2v) is 8.77. The molecule has 2 aromatic rings. The standard InChI is InChI=1S/C23H32N4O3/c1-15(2)12-17(14-24-30)25-22(28)18-9-5-6-10-19(18)26-23(29)21-13-16-8-4-7-11-20(16)27(21)3/h4,7-8,11,13,15,17-19H,5-6,9-10,12,14H2,1-3H3,(H,25,28)(H,26,29)/t17?,18-,19+/m1/s1. The largest absolute Gasteiger partial charge is 0.351 e. The lowest BCUT2D eigenvalue weighted by molar-refractivity contribution is -0.127. The van der Waals surface area contributed by atoms with Crippen molar-refractivity contribution in [1.82, 2.24) is 15.2 Å². The Morgan fingerprint density at radius 1 is 1.20 bits per heavy atom. The highest BCUT2D eigenvalue weighted by molar-refractivity contribution is 5.99. The van der Waals surface area contributed by atoms with Crippen LogP contribution in [0.25, 0.3) is 10.9 Å². The lowest BCUT2D eigenvalue weighted by Gasteiger charge is -2.32. The molecule has 1 saturated carbocycles. The maximum absolute atomic E-state index is 13.0. The molecule has 7 nitrogen and oxygen atoms in total. The molecule has 0 bridgehead atoms. The first kappa shape index (κ1) is 22.0. The summed E-state index contributed by atoms with van der Waals surface area (Å²) in [7, 11) is 1.88. The molecule has 2 N–H and O–H groups in total. The molecule has 162 valence electrons. The molecule has 0 aliphatic heterocycles. The van der Waals surface area contributed by atoms with E-state index in [4.69, 9.17) is 0 Å². The number of para-hydroxylation sites is 1. The number of carbonyl (C=O) groups is 2. The van der Waals surface area contributed by atoms with Gasteiger partial charge in [0.25, 0.3) is 5.91 Å². The number of fused-ring (bicyclic) bond motifs is 1. The maximum Gasteiger partial charge on any atom is 0.268 e. The Bertz CT molecular complexity index is 905. The predicted molar refractivity (Wildman–Crippen MR) is 118 cm³/mol. The van der Waals surface area contributed by atoms with Gasteiger partial charge >= 0.3 is 0 Å². The summed E-state index contributed by atoms with van der Waals surface area (Å²) < 4.78 is 1.89. The molecule has 1 heterocycles. The first-order chi connectivity index (χ1) is 14.4. The Morgan fingerprint density at radius 2 is 1.93 bits per heavy atom.